The zero-order chi connectivity index (χ0) is 16.5. The number of nitrogens with two attached hydrogens (primary N) is 1. The maximum atomic E-state index is 6.42. The van der Waals surface area contributed by atoms with Crippen LogP contribution < -0.4 is 5.73 Å². The molecule has 0 aliphatic carbocycles. The second-order valence-corrected chi connectivity index (χ2v) is 5.88. The van der Waals surface area contributed by atoms with Crippen molar-refractivity contribution in [2.24, 2.45) is 5.73 Å². The molecule has 0 aliphatic heterocycles. The van der Waals surface area contributed by atoms with Crippen LogP contribution >= 0.6 is 0 Å². The molecule has 0 heterocycles. The lowest BCUT2D eigenvalue weighted by Crippen LogP contribution is -2.31. The van der Waals surface area contributed by atoms with Crippen molar-refractivity contribution in [3.8, 4) is 0 Å². The van der Waals surface area contributed by atoms with Crippen molar-refractivity contribution in [1.29, 1.82) is 0 Å². The van der Waals surface area contributed by atoms with E-state index in [4.69, 9.17) is 10.5 Å². The van der Waals surface area contributed by atoms with Gasteiger partial charge in [0.15, 0.2) is 0 Å². The van der Waals surface area contributed by atoms with Gasteiger partial charge in [0.1, 0.15) is 6.10 Å². The van der Waals surface area contributed by atoms with E-state index in [0.29, 0.717) is 6.54 Å². The van der Waals surface area contributed by atoms with Gasteiger partial charge in [0.25, 0.3) is 0 Å². The van der Waals surface area contributed by atoms with E-state index in [9.17, 15) is 0 Å². The lowest BCUT2D eigenvalue weighted by Gasteiger charge is -2.26. The van der Waals surface area contributed by atoms with Crippen molar-refractivity contribution in [2.75, 3.05) is 26.7 Å². The van der Waals surface area contributed by atoms with E-state index in [1.807, 2.05) is 12.1 Å². The number of benzene rings is 2. The molecule has 0 amide bonds. The summed E-state index contributed by atoms with van der Waals surface area (Å²) in [7, 11) is 2.12. The molecule has 3 heteroatoms. The summed E-state index contributed by atoms with van der Waals surface area (Å²) in [6, 6.07) is 20.7. The van der Waals surface area contributed by atoms with Gasteiger partial charge in [-0.1, -0.05) is 67.6 Å². The molecule has 0 saturated carbocycles. The van der Waals surface area contributed by atoms with Gasteiger partial charge in [-0.25, -0.2) is 0 Å². The second kappa shape index (κ2) is 9.46. The van der Waals surface area contributed by atoms with E-state index in [1.54, 1.807) is 0 Å². The summed E-state index contributed by atoms with van der Waals surface area (Å²) in [4.78, 5) is 2.28. The maximum Gasteiger partial charge on any atom is 0.108 e. The van der Waals surface area contributed by atoms with Crippen molar-refractivity contribution in [3.63, 3.8) is 0 Å². The number of hydrogen-bond acceptors (Lipinski definition) is 3. The van der Waals surface area contributed by atoms with Crippen molar-refractivity contribution >= 4 is 0 Å². The Morgan fingerprint density at radius 1 is 0.957 bits per heavy atom. The zero-order valence-corrected chi connectivity index (χ0v) is 14.2. The molecular formula is C20H28N2O. The normalized spacial score (nSPS) is 12.7. The Kier molecular flexibility index (Phi) is 7.27. The largest absolute Gasteiger partial charge is 0.364 e. The van der Waals surface area contributed by atoms with Gasteiger partial charge in [0, 0.05) is 13.1 Å². The van der Waals surface area contributed by atoms with Crippen LogP contribution in [-0.4, -0.2) is 37.7 Å². The molecule has 1 atom stereocenters. The van der Waals surface area contributed by atoms with Gasteiger partial charge in [-0.3, -0.25) is 0 Å². The molecule has 124 valence electrons. The predicted molar refractivity (Wildman–Crippen MR) is 96.4 cm³/mol. The molecule has 0 saturated heterocycles. The minimum Gasteiger partial charge on any atom is -0.364 e. The fraction of sp³-hybridized carbons (Fsp3) is 0.400. The van der Waals surface area contributed by atoms with Crippen LogP contribution in [0.1, 0.15) is 30.6 Å². The smallest absolute Gasteiger partial charge is 0.108 e. The lowest BCUT2D eigenvalue weighted by molar-refractivity contribution is 0.00494. The Morgan fingerprint density at radius 2 is 1.48 bits per heavy atom. The summed E-state index contributed by atoms with van der Waals surface area (Å²) in [5.74, 6) is 0. The number of hydrogen-bond donors (Lipinski definition) is 1. The monoisotopic (exact) mass is 312 g/mol. The first kappa shape index (κ1) is 17.7. The molecule has 0 spiro atoms. The third-order valence-corrected chi connectivity index (χ3v) is 4.17. The van der Waals surface area contributed by atoms with Crippen molar-refractivity contribution in [3.05, 3.63) is 71.8 Å². The first-order valence-corrected chi connectivity index (χ1v) is 8.38. The highest BCUT2D eigenvalue weighted by atomic mass is 16.5. The minimum atomic E-state index is -0.0714. The second-order valence-electron chi connectivity index (χ2n) is 5.88. The summed E-state index contributed by atoms with van der Waals surface area (Å²) in [6.45, 7) is 4.73. The molecule has 0 fully saturated rings. The third-order valence-electron chi connectivity index (χ3n) is 4.17. The molecule has 23 heavy (non-hydrogen) atoms. The van der Waals surface area contributed by atoms with E-state index in [2.05, 4.69) is 67.4 Å². The summed E-state index contributed by atoms with van der Waals surface area (Å²) in [6.07, 6.45) is 0.920. The molecule has 3 nitrogen and oxygen atoms in total. The van der Waals surface area contributed by atoms with Gasteiger partial charge in [0.05, 0.1) is 6.10 Å². The molecule has 0 radical (unpaired) electrons. The summed E-state index contributed by atoms with van der Waals surface area (Å²) in [5.41, 5.74) is 8.30. The fourth-order valence-electron chi connectivity index (χ4n) is 2.56. The van der Waals surface area contributed by atoms with Gasteiger partial charge in [-0.15, -0.1) is 0 Å². The molecule has 0 aromatic heterocycles. The van der Waals surface area contributed by atoms with E-state index in [0.717, 1.165) is 19.5 Å². The van der Waals surface area contributed by atoms with E-state index < -0.39 is 0 Å². The topological polar surface area (TPSA) is 38.5 Å². The van der Waals surface area contributed by atoms with Gasteiger partial charge in [-0.05, 0) is 31.1 Å². The number of ether oxygens (including phenoxy) is 1. The molecule has 2 aromatic carbocycles. The highest BCUT2D eigenvalue weighted by Gasteiger charge is 2.19. The average Bonchev–Trinajstić information content (AvgIpc) is 2.63. The fourth-order valence-corrected chi connectivity index (χ4v) is 2.56. The molecule has 2 rings (SSSR count). The quantitative estimate of drug-likeness (QED) is 0.770. The van der Waals surface area contributed by atoms with Crippen LogP contribution in [0.3, 0.4) is 0 Å². The standard InChI is InChI=1S/C20H28N2O/c1-3-22(2)15-14-19(16-21)23-20(17-10-6-4-7-11-17)18-12-8-5-9-13-18/h4-13,19-20H,3,14-16,21H2,1-2H3. The summed E-state index contributed by atoms with van der Waals surface area (Å²) < 4.78 is 6.42. The molecular weight excluding hydrogens is 284 g/mol. The van der Waals surface area contributed by atoms with Crippen LogP contribution in [0.4, 0.5) is 0 Å². The summed E-state index contributed by atoms with van der Waals surface area (Å²) >= 11 is 0. The van der Waals surface area contributed by atoms with Crippen LogP contribution in [0.25, 0.3) is 0 Å². The molecule has 2 N–H and O–H groups in total. The Hall–Kier alpha value is -1.68. The first-order valence-electron chi connectivity index (χ1n) is 8.38. The van der Waals surface area contributed by atoms with E-state index in [-0.39, 0.29) is 12.2 Å². The van der Waals surface area contributed by atoms with Gasteiger partial charge < -0.3 is 15.4 Å². The Morgan fingerprint density at radius 3 is 1.91 bits per heavy atom. The highest BCUT2D eigenvalue weighted by molar-refractivity contribution is 5.29. The SMILES string of the molecule is CCN(C)CCC(CN)OC(c1ccccc1)c1ccccc1. The van der Waals surface area contributed by atoms with Gasteiger partial charge in [0.2, 0.25) is 0 Å². The first-order chi connectivity index (χ1) is 11.2. The maximum absolute atomic E-state index is 6.42. The van der Waals surface area contributed by atoms with Crippen LogP contribution in [0.5, 0.6) is 0 Å². The van der Waals surface area contributed by atoms with Crippen LogP contribution in [0, 0.1) is 0 Å². The average molecular weight is 312 g/mol. The third kappa shape index (κ3) is 5.47. The van der Waals surface area contributed by atoms with Crippen LogP contribution in [0.2, 0.25) is 0 Å². The predicted octanol–water partition coefficient (Wildman–Crippen LogP) is 3.46. The van der Waals surface area contributed by atoms with Gasteiger partial charge >= 0.3 is 0 Å². The Bertz CT molecular complexity index is 505. The van der Waals surface area contributed by atoms with Crippen LogP contribution in [-0.2, 0) is 4.74 Å². The number of rotatable bonds is 9. The Balaban J connectivity index is 2.14. The summed E-state index contributed by atoms with van der Waals surface area (Å²) in [5, 5.41) is 0. The minimum absolute atomic E-state index is 0.0504. The zero-order valence-electron chi connectivity index (χ0n) is 14.2. The van der Waals surface area contributed by atoms with E-state index in [1.165, 1.54) is 11.1 Å². The van der Waals surface area contributed by atoms with Crippen LogP contribution in [0.15, 0.2) is 60.7 Å². The lowest BCUT2D eigenvalue weighted by atomic mass is 10.0. The number of nitrogens with zero attached hydrogens (tertiary/aromatic N) is 1. The highest BCUT2D eigenvalue weighted by Crippen LogP contribution is 2.27. The van der Waals surface area contributed by atoms with Crippen molar-refractivity contribution < 1.29 is 4.74 Å². The Labute approximate surface area is 140 Å². The molecule has 1 unspecified atom stereocenters. The van der Waals surface area contributed by atoms with E-state index >= 15 is 0 Å². The molecule has 0 bridgehead atoms. The molecule has 2 aromatic rings. The van der Waals surface area contributed by atoms with Gasteiger partial charge in [-0.2, -0.15) is 0 Å². The van der Waals surface area contributed by atoms with Crippen molar-refractivity contribution in [1.82, 2.24) is 4.90 Å². The molecule has 0 aliphatic rings. The van der Waals surface area contributed by atoms with Crippen molar-refractivity contribution in [2.45, 2.75) is 25.6 Å².